The summed E-state index contributed by atoms with van der Waals surface area (Å²) in [5.41, 5.74) is -6.03. The zero-order valence-electron chi connectivity index (χ0n) is 39.5. The molecular formula is C47H76O17. The summed E-state index contributed by atoms with van der Waals surface area (Å²) in [6, 6.07) is 0. The molecule has 3 aliphatic heterocycles. The molecule has 0 radical (unpaired) electrons. The fourth-order valence-electron chi connectivity index (χ4n) is 12.9. The van der Waals surface area contributed by atoms with Crippen molar-refractivity contribution in [2.24, 2.45) is 16.7 Å². The summed E-state index contributed by atoms with van der Waals surface area (Å²) in [5.74, 6) is -1.10. The Kier molecular flexibility index (Phi) is 14.7. The van der Waals surface area contributed by atoms with Crippen molar-refractivity contribution in [2.75, 3.05) is 21.3 Å². The zero-order chi connectivity index (χ0) is 46.9. The summed E-state index contributed by atoms with van der Waals surface area (Å²) in [6.07, 6.45) is -5.05. The van der Waals surface area contributed by atoms with Crippen molar-refractivity contribution in [3.05, 3.63) is 23.3 Å². The number of aliphatic hydroxyl groups is 6. The fourth-order valence-corrected chi connectivity index (χ4v) is 12.9. The number of aliphatic hydroxyl groups excluding tert-OH is 3. The first kappa shape index (κ1) is 50.2. The van der Waals surface area contributed by atoms with Gasteiger partial charge in [-0.15, -0.1) is 0 Å². The van der Waals surface area contributed by atoms with Crippen molar-refractivity contribution in [3.8, 4) is 0 Å². The third kappa shape index (κ3) is 8.07. The summed E-state index contributed by atoms with van der Waals surface area (Å²) in [6.45, 7) is 14.1. The number of hydrogen-bond acceptors (Lipinski definition) is 17. The Morgan fingerprint density at radius 2 is 1.41 bits per heavy atom. The summed E-state index contributed by atoms with van der Waals surface area (Å²) < 4.78 is 60.9. The van der Waals surface area contributed by atoms with E-state index in [4.69, 9.17) is 47.4 Å². The lowest BCUT2D eigenvalue weighted by atomic mass is 9.42. The van der Waals surface area contributed by atoms with E-state index in [2.05, 4.69) is 6.92 Å². The number of methoxy groups -OCH3 is 3. The maximum absolute atomic E-state index is 12.8. The molecule has 0 unspecified atom stereocenters. The lowest BCUT2D eigenvalue weighted by Gasteiger charge is -2.67. The molecule has 7 aliphatic rings. The first-order chi connectivity index (χ1) is 30.1. The van der Waals surface area contributed by atoms with Gasteiger partial charge in [0.05, 0.1) is 48.1 Å². The second-order valence-corrected chi connectivity index (χ2v) is 20.2. The van der Waals surface area contributed by atoms with Crippen molar-refractivity contribution in [1.82, 2.24) is 0 Å². The third-order valence-electron chi connectivity index (χ3n) is 17.2. The van der Waals surface area contributed by atoms with Gasteiger partial charge in [-0.1, -0.05) is 31.6 Å². The van der Waals surface area contributed by atoms with Crippen LogP contribution in [0, 0.1) is 16.7 Å². The van der Waals surface area contributed by atoms with Crippen molar-refractivity contribution in [2.45, 2.75) is 228 Å². The third-order valence-corrected chi connectivity index (χ3v) is 17.2. The molecule has 17 heteroatoms. The standard InChI is InChI=1S/C47H76O17/c1-12-23(2)41(51)61-27(6)45(52)17-18-47(54)44(45,8)33(48)22-32-43(7)15-14-29(19-28(43)13-16-46(32,47)53)62-34-20-30(55-9)38(25(4)58-34)63-35-21-31(56-10)39(26(5)59-35)64-42-37(50)40(57-11)36(49)24(3)60-42/h12-13,24-27,29-40,42,48-50,52-54H,14-22H2,1-11H3/b23-12+/t24-,25-,26-,27+,29+,30+,31-,32-,33-,34+,35+,36-,37-,38-,39-,40+,42+,43+,44-,45-,46+,47-/m1/s1. The molecule has 7 rings (SSSR count). The van der Waals surface area contributed by atoms with Crippen LogP contribution in [0.4, 0.5) is 0 Å². The Morgan fingerprint density at radius 3 is 2.00 bits per heavy atom. The number of hydrogen-bond donors (Lipinski definition) is 6. The normalized spacial score (nSPS) is 51.3. The molecule has 6 fully saturated rings. The molecule has 0 bridgehead atoms. The van der Waals surface area contributed by atoms with Crippen LogP contribution in [0.1, 0.15) is 113 Å². The number of ether oxygens (including phenoxy) is 10. The first-order valence-electron chi connectivity index (χ1n) is 23.3. The SMILES string of the molecule is C/C=C(\C)C(=O)O[C@@H](C)[C@]1(O)CC[C@@]2(O)[C@]1(C)[C@H](O)C[C@@H]1[C@@]3(C)CC[C@H](O[C@H]4C[C@H](OC)[C@H](O[C@H]5C[C@@H](OC)[C@H](O[C@@H]6O[C@H](C)[C@@H](O)[C@H](OC)[C@H]6O)[C@@H](C)O5)[C@@H](C)O4)CC3=CC[C@]12O. The number of rotatable bonds is 12. The number of esters is 1. The van der Waals surface area contributed by atoms with Crippen LogP contribution in [0.3, 0.4) is 0 Å². The van der Waals surface area contributed by atoms with Crippen molar-refractivity contribution in [3.63, 3.8) is 0 Å². The van der Waals surface area contributed by atoms with E-state index in [1.165, 1.54) is 7.11 Å². The highest BCUT2D eigenvalue weighted by Gasteiger charge is 2.80. The minimum Gasteiger partial charge on any atom is -0.456 e. The Balaban J connectivity index is 0.976. The van der Waals surface area contributed by atoms with Gasteiger partial charge in [-0.05, 0) is 91.9 Å². The molecule has 3 saturated carbocycles. The highest BCUT2D eigenvalue weighted by atomic mass is 16.8. The van der Waals surface area contributed by atoms with Gasteiger partial charge in [-0.2, -0.15) is 0 Å². The van der Waals surface area contributed by atoms with Crippen molar-refractivity contribution in [1.29, 1.82) is 0 Å². The molecule has 0 aromatic heterocycles. The maximum atomic E-state index is 12.8. The van der Waals surface area contributed by atoms with Crippen LogP contribution in [0.25, 0.3) is 0 Å². The molecule has 6 N–H and O–H groups in total. The van der Waals surface area contributed by atoms with E-state index in [1.54, 1.807) is 54.9 Å². The van der Waals surface area contributed by atoms with Crippen LogP contribution in [0.15, 0.2) is 23.3 Å². The summed E-state index contributed by atoms with van der Waals surface area (Å²) in [7, 11) is 4.62. The van der Waals surface area contributed by atoms with Gasteiger partial charge in [0.15, 0.2) is 18.9 Å². The van der Waals surface area contributed by atoms with Gasteiger partial charge in [0.25, 0.3) is 0 Å². The van der Waals surface area contributed by atoms with Crippen LogP contribution in [-0.4, -0.2) is 173 Å². The smallest absolute Gasteiger partial charge is 0.333 e. The van der Waals surface area contributed by atoms with E-state index in [0.29, 0.717) is 37.7 Å². The predicted octanol–water partition coefficient (Wildman–Crippen LogP) is 2.72. The minimum absolute atomic E-state index is 0.0261. The molecule has 0 spiro atoms. The fraction of sp³-hybridized carbons (Fsp3) is 0.894. The Morgan fingerprint density at radius 1 is 0.797 bits per heavy atom. The summed E-state index contributed by atoms with van der Waals surface area (Å²) in [5, 5.41) is 71.2. The van der Waals surface area contributed by atoms with Crippen LogP contribution in [-0.2, 0) is 52.2 Å². The molecular weight excluding hydrogens is 837 g/mol. The van der Waals surface area contributed by atoms with E-state index in [0.717, 1.165) is 5.57 Å². The number of carbonyl (C=O) groups excluding carboxylic acids is 1. The predicted molar refractivity (Wildman–Crippen MR) is 227 cm³/mol. The van der Waals surface area contributed by atoms with E-state index < -0.39 is 132 Å². The highest BCUT2D eigenvalue weighted by Crippen LogP contribution is 2.71. The molecule has 0 aromatic carbocycles. The van der Waals surface area contributed by atoms with Crippen LogP contribution < -0.4 is 0 Å². The highest BCUT2D eigenvalue weighted by molar-refractivity contribution is 5.87. The Hall–Kier alpha value is -1.65. The minimum atomic E-state index is -1.88. The number of allylic oxidation sites excluding steroid dienone is 1. The van der Waals surface area contributed by atoms with Crippen molar-refractivity contribution < 1.29 is 82.8 Å². The second-order valence-electron chi connectivity index (χ2n) is 20.2. The molecule has 3 heterocycles. The van der Waals surface area contributed by atoms with E-state index in [1.807, 2.05) is 19.9 Å². The molecule has 3 saturated heterocycles. The van der Waals surface area contributed by atoms with E-state index >= 15 is 0 Å². The van der Waals surface area contributed by atoms with Gasteiger partial charge in [-0.25, -0.2) is 4.79 Å². The van der Waals surface area contributed by atoms with Gasteiger partial charge in [-0.3, -0.25) is 0 Å². The molecule has 0 aromatic rings. The van der Waals surface area contributed by atoms with Crippen LogP contribution >= 0.6 is 0 Å². The van der Waals surface area contributed by atoms with Gasteiger partial charge in [0.2, 0.25) is 0 Å². The van der Waals surface area contributed by atoms with E-state index in [9.17, 15) is 35.4 Å². The average Bonchev–Trinajstić information content (AvgIpc) is 3.49. The quantitative estimate of drug-likeness (QED) is 0.0939. The van der Waals surface area contributed by atoms with Crippen LogP contribution in [0.2, 0.25) is 0 Å². The molecule has 0 amide bonds. The molecule has 22 atom stereocenters. The lowest BCUT2D eigenvalue weighted by molar-refractivity contribution is -0.352. The molecule has 4 aliphatic carbocycles. The summed E-state index contributed by atoms with van der Waals surface area (Å²) >= 11 is 0. The second kappa shape index (κ2) is 18.7. The molecule has 64 heavy (non-hydrogen) atoms. The Bertz CT molecular complexity index is 1730. The zero-order valence-corrected chi connectivity index (χ0v) is 39.5. The largest absolute Gasteiger partial charge is 0.456 e. The molecule has 17 nitrogen and oxygen atoms in total. The van der Waals surface area contributed by atoms with Gasteiger partial charge >= 0.3 is 5.97 Å². The number of carbonyl (C=O) groups is 1. The van der Waals surface area contributed by atoms with Crippen molar-refractivity contribution >= 4 is 5.97 Å². The summed E-state index contributed by atoms with van der Waals surface area (Å²) in [4.78, 5) is 12.8. The maximum Gasteiger partial charge on any atom is 0.333 e. The average molecular weight is 913 g/mol. The first-order valence-corrected chi connectivity index (χ1v) is 23.3. The van der Waals surface area contributed by atoms with Crippen LogP contribution in [0.5, 0.6) is 0 Å². The number of fused-ring (bicyclic) bond motifs is 5. The molecule has 366 valence electrons. The lowest BCUT2D eigenvalue weighted by Crippen LogP contribution is -2.78. The van der Waals surface area contributed by atoms with Gasteiger partial charge in [0.1, 0.15) is 53.4 Å². The van der Waals surface area contributed by atoms with Gasteiger partial charge < -0.3 is 78.0 Å². The monoisotopic (exact) mass is 913 g/mol. The van der Waals surface area contributed by atoms with E-state index in [-0.39, 0.29) is 31.8 Å². The Labute approximate surface area is 377 Å². The topological polar surface area (TPSA) is 231 Å². The van der Waals surface area contributed by atoms with Gasteiger partial charge in [0, 0.05) is 45.7 Å².